The summed E-state index contributed by atoms with van der Waals surface area (Å²) in [6, 6.07) is 11.5. The summed E-state index contributed by atoms with van der Waals surface area (Å²) >= 11 is 0. The lowest BCUT2D eigenvalue weighted by atomic mass is 10.1. The summed E-state index contributed by atoms with van der Waals surface area (Å²) in [5, 5.41) is 2.70. The first-order valence-electron chi connectivity index (χ1n) is 7.12. The van der Waals surface area contributed by atoms with Crippen LogP contribution in [-0.2, 0) is 4.79 Å². The lowest BCUT2D eigenvalue weighted by Gasteiger charge is -2.03. The second-order valence-corrected chi connectivity index (χ2v) is 5.00. The predicted molar refractivity (Wildman–Crippen MR) is 88.6 cm³/mol. The van der Waals surface area contributed by atoms with Crippen LogP contribution in [0.1, 0.15) is 11.3 Å². The van der Waals surface area contributed by atoms with E-state index in [1.54, 1.807) is 36.9 Å². The number of aromatic nitrogens is 2. The van der Waals surface area contributed by atoms with Crippen molar-refractivity contribution in [3.05, 3.63) is 72.5 Å². The van der Waals surface area contributed by atoms with Crippen molar-refractivity contribution in [2.45, 2.75) is 6.92 Å². The third kappa shape index (κ3) is 3.91. The molecule has 0 unspecified atom stereocenters. The highest BCUT2D eigenvalue weighted by atomic mass is 16.3. The number of benzene rings is 1. The lowest BCUT2D eigenvalue weighted by Crippen LogP contribution is -2.08. The van der Waals surface area contributed by atoms with E-state index in [1.165, 1.54) is 11.6 Å². The molecule has 0 aliphatic heterocycles. The quantitative estimate of drug-likeness (QED) is 0.746. The fourth-order valence-corrected chi connectivity index (χ4v) is 1.97. The molecule has 0 aliphatic rings. The van der Waals surface area contributed by atoms with Crippen LogP contribution in [0.3, 0.4) is 0 Å². The Bertz CT molecular complexity index is 804. The smallest absolute Gasteiger partial charge is 0.248 e. The molecule has 0 saturated heterocycles. The second-order valence-electron chi connectivity index (χ2n) is 5.00. The van der Waals surface area contributed by atoms with Gasteiger partial charge in [-0.1, -0.05) is 29.8 Å². The molecule has 0 bridgehead atoms. The molecular formula is C18H15N3O2. The monoisotopic (exact) mass is 305 g/mol. The Morgan fingerprint density at radius 1 is 1.13 bits per heavy atom. The van der Waals surface area contributed by atoms with Crippen LogP contribution < -0.4 is 5.32 Å². The van der Waals surface area contributed by atoms with Gasteiger partial charge in [0.15, 0.2) is 5.82 Å². The van der Waals surface area contributed by atoms with E-state index in [1.807, 2.05) is 31.2 Å². The molecule has 0 radical (unpaired) electrons. The molecule has 2 heterocycles. The Balaban J connectivity index is 1.65. The van der Waals surface area contributed by atoms with Crippen LogP contribution in [0.5, 0.6) is 0 Å². The SMILES string of the molecule is Cc1ccc(-c2ncc(NC(=O)/C=C/c3ccco3)cn2)cc1. The van der Waals surface area contributed by atoms with Crippen molar-refractivity contribution in [3.63, 3.8) is 0 Å². The molecule has 1 aromatic carbocycles. The number of rotatable bonds is 4. The summed E-state index contributed by atoms with van der Waals surface area (Å²) < 4.78 is 5.12. The Kier molecular flexibility index (Phi) is 4.29. The van der Waals surface area contributed by atoms with Gasteiger partial charge in [0, 0.05) is 11.6 Å². The third-order valence-corrected chi connectivity index (χ3v) is 3.17. The van der Waals surface area contributed by atoms with Crippen molar-refractivity contribution in [1.29, 1.82) is 0 Å². The summed E-state index contributed by atoms with van der Waals surface area (Å²) in [6.07, 6.45) is 7.71. The molecule has 2 aromatic heterocycles. The van der Waals surface area contributed by atoms with Gasteiger partial charge in [0.2, 0.25) is 5.91 Å². The first-order chi connectivity index (χ1) is 11.2. The first-order valence-corrected chi connectivity index (χ1v) is 7.12. The van der Waals surface area contributed by atoms with E-state index in [0.29, 0.717) is 17.3 Å². The van der Waals surface area contributed by atoms with Crippen LogP contribution in [0.2, 0.25) is 0 Å². The van der Waals surface area contributed by atoms with Crippen LogP contribution in [-0.4, -0.2) is 15.9 Å². The molecule has 3 rings (SSSR count). The van der Waals surface area contributed by atoms with E-state index < -0.39 is 0 Å². The van der Waals surface area contributed by atoms with Crippen LogP contribution in [0.15, 0.2) is 65.5 Å². The van der Waals surface area contributed by atoms with Gasteiger partial charge in [-0.05, 0) is 25.1 Å². The zero-order valence-electron chi connectivity index (χ0n) is 12.6. The normalized spacial score (nSPS) is 10.8. The molecule has 5 nitrogen and oxygen atoms in total. The van der Waals surface area contributed by atoms with Crippen molar-refractivity contribution in [2.75, 3.05) is 5.32 Å². The predicted octanol–water partition coefficient (Wildman–Crippen LogP) is 3.70. The average Bonchev–Trinajstić information content (AvgIpc) is 3.08. The number of carbonyl (C=O) groups excluding carboxylic acids is 1. The fraction of sp³-hybridized carbons (Fsp3) is 0.0556. The van der Waals surface area contributed by atoms with Crippen molar-refractivity contribution in [3.8, 4) is 11.4 Å². The van der Waals surface area contributed by atoms with Crippen LogP contribution in [0, 0.1) is 6.92 Å². The summed E-state index contributed by atoms with van der Waals surface area (Å²) in [5.74, 6) is 0.966. The molecule has 5 heteroatoms. The average molecular weight is 305 g/mol. The summed E-state index contributed by atoms with van der Waals surface area (Å²) in [7, 11) is 0. The molecule has 0 spiro atoms. The number of nitrogens with one attached hydrogen (secondary N) is 1. The van der Waals surface area contributed by atoms with Crippen LogP contribution in [0.4, 0.5) is 5.69 Å². The number of nitrogens with zero attached hydrogens (tertiary/aromatic N) is 2. The van der Waals surface area contributed by atoms with Crippen molar-refractivity contribution < 1.29 is 9.21 Å². The van der Waals surface area contributed by atoms with E-state index in [2.05, 4.69) is 15.3 Å². The number of amides is 1. The van der Waals surface area contributed by atoms with Crippen molar-refractivity contribution in [2.24, 2.45) is 0 Å². The standard InChI is InChI=1S/C18H15N3O2/c1-13-4-6-14(7-5-13)18-19-11-15(12-20-18)21-17(22)9-8-16-3-2-10-23-16/h2-12H,1H3,(H,21,22)/b9-8+. The lowest BCUT2D eigenvalue weighted by molar-refractivity contribution is -0.111. The number of carbonyl (C=O) groups is 1. The number of furan rings is 1. The van der Waals surface area contributed by atoms with Gasteiger partial charge in [0.05, 0.1) is 24.3 Å². The minimum Gasteiger partial charge on any atom is -0.465 e. The number of hydrogen-bond donors (Lipinski definition) is 1. The maximum Gasteiger partial charge on any atom is 0.248 e. The van der Waals surface area contributed by atoms with E-state index in [0.717, 1.165) is 5.56 Å². The first kappa shape index (κ1) is 14.7. The molecule has 114 valence electrons. The number of hydrogen-bond acceptors (Lipinski definition) is 4. The van der Waals surface area contributed by atoms with Gasteiger partial charge < -0.3 is 9.73 Å². The molecule has 1 amide bonds. The Morgan fingerprint density at radius 3 is 2.52 bits per heavy atom. The van der Waals surface area contributed by atoms with Crippen LogP contribution in [0.25, 0.3) is 17.5 Å². The third-order valence-electron chi connectivity index (χ3n) is 3.17. The van der Waals surface area contributed by atoms with Gasteiger partial charge in [0.1, 0.15) is 5.76 Å². The zero-order valence-corrected chi connectivity index (χ0v) is 12.6. The van der Waals surface area contributed by atoms with E-state index in [4.69, 9.17) is 4.42 Å². The number of anilines is 1. The van der Waals surface area contributed by atoms with Crippen LogP contribution >= 0.6 is 0 Å². The highest BCUT2D eigenvalue weighted by Gasteiger charge is 2.03. The summed E-state index contributed by atoms with van der Waals surface area (Å²) in [4.78, 5) is 20.4. The van der Waals surface area contributed by atoms with Gasteiger partial charge >= 0.3 is 0 Å². The summed E-state index contributed by atoms with van der Waals surface area (Å²) in [6.45, 7) is 2.03. The number of aryl methyl sites for hydroxylation is 1. The second kappa shape index (κ2) is 6.70. The zero-order chi connectivity index (χ0) is 16.1. The van der Waals surface area contributed by atoms with E-state index >= 15 is 0 Å². The van der Waals surface area contributed by atoms with Gasteiger partial charge in [-0.25, -0.2) is 9.97 Å². The molecule has 0 atom stereocenters. The molecule has 3 aromatic rings. The summed E-state index contributed by atoms with van der Waals surface area (Å²) in [5.41, 5.74) is 2.65. The highest BCUT2D eigenvalue weighted by molar-refractivity contribution is 6.01. The van der Waals surface area contributed by atoms with E-state index in [9.17, 15) is 4.79 Å². The molecule has 1 N–H and O–H groups in total. The van der Waals surface area contributed by atoms with Crippen molar-refractivity contribution >= 4 is 17.7 Å². The van der Waals surface area contributed by atoms with Gasteiger partial charge in [0.25, 0.3) is 0 Å². The Morgan fingerprint density at radius 2 is 1.87 bits per heavy atom. The highest BCUT2D eigenvalue weighted by Crippen LogP contribution is 2.16. The van der Waals surface area contributed by atoms with E-state index in [-0.39, 0.29) is 5.91 Å². The molecule has 0 aliphatic carbocycles. The minimum absolute atomic E-state index is 0.270. The molecule has 0 fully saturated rings. The van der Waals surface area contributed by atoms with Gasteiger partial charge in [-0.2, -0.15) is 0 Å². The maximum atomic E-state index is 11.8. The maximum absolute atomic E-state index is 11.8. The van der Waals surface area contributed by atoms with Gasteiger partial charge in [-0.15, -0.1) is 0 Å². The largest absolute Gasteiger partial charge is 0.465 e. The Labute approximate surface area is 133 Å². The van der Waals surface area contributed by atoms with Crippen molar-refractivity contribution in [1.82, 2.24) is 9.97 Å². The molecular weight excluding hydrogens is 290 g/mol. The fourth-order valence-electron chi connectivity index (χ4n) is 1.97. The van der Waals surface area contributed by atoms with Gasteiger partial charge in [-0.3, -0.25) is 4.79 Å². The Hall–Kier alpha value is -3.21. The minimum atomic E-state index is -0.270. The molecule has 23 heavy (non-hydrogen) atoms. The topological polar surface area (TPSA) is 68.0 Å². The molecule has 0 saturated carbocycles.